The first-order chi connectivity index (χ1) is 7.28. The Bertz CT molecular complexity index is 150. The van der Waals surface area contributed by atoms with E-state index in [4.69, 9.17) is 14.9 Å². The van der Waals surface area contributed by atoms with E-state index in [2.05, 4.69) is 13.2 Å². The molecule has 3 heteroatoms. The molecule has 0 radical (unpaired) electrons. The Morgan fingerprint density at radius 3 is 1.60 bits per heavy atom. The zero-order valence-electron chi connectivity index (χ0n) is 9.27. The van der Waals surface area contributed by atoms with E-state index in [1.165, 1.54) is 0 Å². The van der Waals surface area contributed by atoms with Crippen LogP contribution in [0.15, 0.2) is 25.3 Å². The average molecular weight is 214 g/mol. The minimum Gasteiger partial charge on any atom is -0.396 e. The van der Waals surface area contributed by atoms with Crippen LogP contribution < -0.4 is 0 Å². The Kier molecular flexibility index (Phi) is 9.48. The predicted octanol–water partition coefficient (Wildman–Crippen LogP) is 1.66. The van der Waals surface area contributed by atoms with Crippen molar-refractivity contribution in [2.45, 2.75) is 37.9 Å². The highest BCUT2D eigenvalue weighted by Crippen LogP contribution is 2.11. The lowest BCUT2D eigenvalue weighted by Crippen LogP contribution is -2.19. The standard InChI is InChI=1S/C12H22O3/c1-3-11(7-5-9-13)15-12(4-2)8-6-10-14/h3-4,11-14H,1-2,5-10H2. The van der Waals surface area contributed by atoms with Crippen LogP contribution in [0, 0.1) is 0 Å². The molecule has 0 saturated heterocycles. The Labute approximate surface area is 92.1 Å². The van der Waals surface area contributed by atoms with Gasteiger partial charge in [0.15, 0.2) is 0 Å². The number of ether oxygens (including phenoxy) is 1. The summed E-state index contributed by atoms with van der Waals surface area (Å²) in [5.74, 6) is 0. The first kappa shape index (κ1) is 14.4. The van der Waals surface area contributed by atoms with Crippen molar-refractivity contribution in [1.29, 1.82) is 0 Å². The molecule has 0 amide bonds. The summed E-state index contributed by atoms with van der Waals surface area (Å²) < 4.78 is 5.69. The summed E-state index contributed by atoms with van der Waals surface area (Å²) in [7, 11) is 0. The SMILES string of the molecule is C=CC(CCCO)OC(C=C)CCCO. The molecule has 0 heterocycles. The Balaban J connectivity index is 3.88. The van der Waals surface area contributed by atoms with Crippen LogP contribution in [0.2, 0.25) is 0 Å². The molecule has 3 nitrogen and oxygen atoms in total. The van der Waals surface area contributed by atoms with Crippen LogP contribution in [0.4, 0.5) is 0 Å². The van der Waals surface area contributed by atoms with Gasteiger partial charge < -0.3 is 14.9 Å². The van der Waals surface area contributed by atoms with Crippen molar-refractivity contribution in [2.24, 2.45) is 0 Å². The van der Waals surface area contributed by atoms with Crippen molar-refractivity contribution >= 4 is 0 Å². The van der Waals surface area contributed by atoms with Crippen molar-refractivity contribution in [3.05, 3.63) is 25.3 Å². The summed E-state index contributed by atoms with van der Waals surface area (Å²) in [5.41, 5.74) is 0. The minimum atomic E-state index is -0.0427. The van der Waals surface area contributed by atoms with Crippen LogP contribution in [0.5, 0.6) is 0 Å². The molecule has 0 aliphatic carbocycles. The highest BCUT2D eigenvalue weighted by atomic mass is 16.5. The lowest BCUT2D eigenvalue weighted by Gasteiger charge is -2.19. The summed E-state index contributed by atoms with van der Waals surface area (Å²) >= 11 is 0. The fourth-order valence-electron chi connectivity index (χ4n) is 1.29. The van der Waals surface area contributed by atoms with Crippen LogP contribution >= 0.6 is 0 Å². The van der Waals surface area contributed by atoms with Gasteiger partial charge in [-0.05, 0) is 25.7 Å². The van der Waals surface area contributed by atoms with Gasteiger partial charge in [-0.3, -0.25) is 0 Å². The maximum Gasteiger partial charge on any atom is 0.0762 e. The minimum absolute atomic E-state index is 0.0427. The van der Waals surface area contributed by atoms with Crippen LogP contribution in [0.25, 0.3) is 0 Å². The summed E-state index contributed by atoms with van der Waals surface area (Å²) in [6, 6.07) is 0. The van der Waals surface area contributed by atoms with Crippen LogP contribution in [-0.2, 0) is 4.74 Å². The van der Waals surface area contributed by atoms with E-state index >= 15 is 0 Å². The van der Waals surface area contributed by atoms with E-state index in [0.717, 1.165) is 12.8 Å². The molecule has 0 saturated carbocycles. The summed E-state index contributed by atoms with van der Waals surface area (Å²) in [6.45, 7) is 7.72. The molecule has 0 spiro atoms. The molecule has 0 aliphatic heterocycles. The molecule has 2 atom stereocenters. The molecule has 2 N–H and O–H groups in total. The van der Waals surface area contributed by atoms with E-state index < -0.39 is 0 Å². The fraction of sp³-hybridized carbons (Fsp3) is 0.667. The molecule has 88 valence electrons. The third-order valence-corrected chi connectivity index (χ3v) is 2.17. The summed E-state index contributed by atoms with van der Waals surface area (Å²) in [5, 5.41) is 17.4. The third kappa shape index (κ3) is 7.31. The first-order valence-electron chi connectivity index (χ1n) is 5.40. The largest absolute Gasteiger partial charge is 0.396 e. The Hall–Kier alpha value is -0.640. The monoisotopic (exact) mass is 214 g/mol. The Morgan fingerprint density at radius 1 is 0.933 bits per heavy atom. The number of rotatable bonds is 10. The zero-order chi connectivity index (χ0) is 11.5. The number of hydrogen-bond acceptors (Lipinski definition) is 3. The van der Waals surface area contributed by atoms with E-state index in [1.54, 1.807) is 12.2 Å². The molecular formula is C12H22O3. The molecule has 15 heavy (non-hydrogen) atoms. The van der Waals surface area contributed by atoms with E-state index in [-0.39, 0.29) is 25.4 Å². The molecule has 0 fully saturated rings. The molecule has 0 rings (SSSR count). The lowest BCUT2D eigenvalue weighted by atomic mass is 10.1. The number of hydrogen-bond donors (Lipinski definition) is 2. The average Bonchev–Trinajstić information content (AvgIpc) is 2.28. The third-order valence-electron chi connectivity index (χ3n) is 2.17. The highest BCUT2D eigenvalue weighted by Gasteiger charge is 2.10. The van der Waals surface area contributed by atoms with Gasteiger partial charge >= 0.3 is 0 Å². The molecule has 0 aromatic rings. The van der Waals surface area contributed by atoms with E-state index in [9.17, 15) is 0 Å². The maximum atomic E-state index is 8.70. The highest BCUT2D eigenvalue weighted by molar-refractivity contribution is 4.86. The van der Waals surface area contributed by atoms with Crippen molar-refractivity contribution in [3.8, 4) is 0 Å². The topological polar surface area (TPSA) is 49.7 Å². The zero-order valence-corrected chi connectivity index (χ0v) is 9.27. The number of aliphatic hydroxyl groups excluding tert-OH is 2. The fourth-order valence-corrected chi connectivity index (χ4v) is 1.29. The van der Waals surface area contributed by atoms with Crippen LogP contribution in [-0.4, -0.2) is 35.6 Å². The second-order valence-electron chi connectivity index (χ2n) is 3.42. The number of aliphatic hydroxyl groups is 2. The molecule has 0 aliphatic rings. The second kappa shape index (κ2) is 9.90. The van der Waals surface area contributed by atoms with Gasteiger partial charge in [-0.1, -0.05) is 12.2 Å². The van der Waals surface area contributed by atoms with Gasteiger partial charge in [0, 0.05) is 13.2 Å². The molecule has 0 bridgehead atoms. The smallest absolute Gasteiger partial charge is 0.0762 e. The maximum absolute atomic E-state index is 8.70. The Morgan fingerprint density at radius 2 is 1.33 bits per heavy atom. The van der Waals surface area contributed by atoms with Gasteiger partial charge in [-0.15, -0.1) is 13.2 Å². The van der Waals surface area contributed by atoms with Gasteiger partial charge in [0.1, 0.15) is 0 Å². The van der Waals surface area contributed by atoms with Gasteiger partial charge in [-0.25, -0.2) is 0 Å². The van der Waals surface area contributed by atoms with E-state index in [1.807, 2.05) is 0 Å². The van der Waals surface area contributed by atoms with Gasteiger partial charge in [0.25, 0.3) is 0 Å². The van der Waals surface area contributed by atoms with E-state index in [0.29, 0.717) is 12.8 Å². The summed E-state index contributed by atoms with van der Waals surface area (Å²) in [6.07, 6.45) is 6.35. The molecular weight excluding hydrogens is 192 g/mol. The van der Waals surface area contributed by atoms with Crippen LogP contribution in [0.3, 0.4) is 0 Å². The summed E-state index contributed by atoms with van der Waals surface area (Å²) in [4.78, 5) is 0. The molecule has 0 aromatic carbocycles. The van der Waals surface area contributed by atoms with Crippen molar-refractivity contribution < 1.29 is 14.9 Å². The van der Waals surface area contributed by atoms with Crippen molar-refractivity contribution in [1.82, 2.24) is 0 Å². The van der Waals surface area contributed by atoms with Gasteiger partial charge in [0.05, 0.1) is 12.2 Å². The van der Waals surface area contributed by atoms with Crippen LogP contribution in [0.1, 0.15) is 25.7 Å². The van der Waals surface area contributed by atoms with Gasteiger partial charge in [0.2, 0.25) is 0 Å². The van der Waals surface area contributed by atoms with Crippen molar-refractivity contribution in [3.63, 3.8) is 0 Å². The lowest BCUT2D eigenvalue weighted by molar-refractivity contribution is 0.0259. The van der Waals surface area contributed by atoms with Gasteiger partial charge in [-0.2, -0.15) is 0 Å². The molecule has 0 aromatic heterocycles. The quantitative estimate of drug-likeness (QED) is 0.544. The normalized spacial score (nSPS) is 14.5. The molecule has 2 unspecified atom stereocenters. The second-order valence-corrected chi connectivity index (χ2v) is 3.42. The van der Waals surface area contributed by atoms with Crippen molar-refractivity contribution in [2.75, 3.05) is 13.2 Å². The predicted molar refractivity (Wildman–Crippen MR) is 61.7 cm³/mol. The first-order valence-corrected chi connectivity index (χ1v) is 5.40.